The van der Waals surface area contributed by atoms with Gasteiger partial charge in [-0.2, -0.15) is 0 Å². The molecule has 0 saturated carbocycles. The molecule has 4 rings (SSSR count). The summed E-state index contributed by atoms with van der Waals surface area (Å²) >= 11 is 0. The highest BCUT2D eigenvalue weighted by atomic mass is 35.5. The predicted octanol–water partition coefficient (Wildman–Crippen LogP) is 5.70. The third-order valence-corrected chi connectivity index (χ3v) is 5.55. The number of hydrogen-bond donors (Lipinski definition) is 1. The van der Waals surface area contributed by atoms with Crippen LogP contribution in [0.1, 0.15) is 24.8 Å². The predicted molar refractivity (Wildman–Crippen MR) is 130 cm³/mol. The quantitative estimate of drug-likeness (QED) is 0.507. The first-order chi connectivity index (χ1) is 13.9. The molecule has 2 aromatic carbocycles. The van der Waals surface area contributed by atoms with Crippen molar-refractivity contribution in [1.29, 1.82) is 0 Å². The summed E-state index contributed by atoms with van der Waals surface area (Å²) in [5.74, 6) is 1.66. The molecule has 0 unspecified atom stereocenters. The summed E-state index contributed by atoms with van der Waals surface area (Å²) in [6.45, 7) is 4.44. The van der Waals surface area contributed by atoms with Crippen molar-refractivity contribution in [2.75, 3.05) is 25.0 Å². The highest BCUT2D eigenvalue weighted by molar-refractivity contribution is 5.85. The van der Waals surface area contributed by atoms with Crippen LogP contribution in [0.15, 0.2) is 72.8 Å². The molecule has 0 amide bonds. The number of benzene rings is 2. The molecule has 4 nitrogen and oxygen atoms in total. The van der Waals surface area contributed by atoms with Crippen LogP contribution in [0.25, 0.3) is 11.3 Å². The van der Waals surface area contributed by atoms with Crippen LogP contribution in [0, 0.1) is 5.92 Å². The molecule has 0 bridgehead atoms. The fraction of sp³-hybridized carbons (Fsp3) is 0.333. The molecule has 0 aliphatic carbocycles. The monoisotopic (exact) mass is 444 g/mol. The summed E-state index contributed by atoms with van der Waals surface area (Å²) in [5, 5.41) is 12.1. The molecule has 1 N–H and O–H groups in total. The molecular formula is C24H30Cl2N4. The number of likely N-dealkylation sites (tertiary alicyclic amines) is 1. The van der Waals surface area contributed by atoms with E-state index in [0.29, 0.717) is 0 Å². The zero-order valence-electron chi connectivity index (χ0n) is 17.1. The Morgan fingerprint density at radius 3 is 2.10 bits per heavy atom. The second-order valence-electron chi connectivity index (χ2n) is 7.59. The smallest absolute Gasteiger partial charge is 0.148 e. The summed E-state index contributed by atoms with van der Waals surface area (Å²) in [5.41, 5.74) is 3.43. The lowest BCUT2D eigenvalue weighted by Gasteiger charge is -2.32. The number of hydrogen-bond acceptors (Lipinski definition) is 4. The summed E-state index contributed by atoms with van der Waals surface area (Å²) in [6, 6.07) is 25.0. The number of anilines is 1. The Morgan fingerprint density at radius 2 is 1.47 bits per heavy atom. The molecule has 1 aromatic heterocycles. The molecule has 2 heterocycles. The van der Waals surface area contributed by atoms with Crippen molar-refractivity contribution in [1.82, 2.24) is 15.1 Å². The van der Waals surface area contributed by atoms with Crippen molar-refractivity contribution in [2.45, 2.75) is 25.8 Å². The van der Waals surface area contributed by atoms with E-state index < -0.39 is 0 Å². The van der Waals surface area contributed by atoms with Gasteiger partial charge in [0.05, 0.1) is 5.69 Å². The van der Waals surface area contributed by atoms with Crippen LogP contribution in [-0.2, 0) is 6.54 Å². The maximum atomic E-state index is 4.34. The van der Waals surface area contributed by atoms with E-state index in [4.69, 9.17) is 0 Å². The van der Waals surface area contributed by atoms with Gasteiger partial charge in [0.1, 0.15) is 5.82 Å². The van der Waals surface area contributed by atoms with Gasteiger partial charge >= 0.3 is 0 Å². The lowest BCUT2D eigenvalue weighted by molar-refractivity contribution is 0.174. The van der Waals surface area contributed by atoms with Gasteiger partial charge < -0.3 is 5.32 Å². The van der Waals surface area contributed by atoms with Crippen LogP contribution in [0.2, 0.25) is 0 Å². The number of nitrogens with one attached hydrogen (secondary N) is 1. The van der Waals surface area contributed by atoms with Crippen LogP contribution in [0.3, 0.4) is 0 Å². The van der Waals surface area contributed by atoms with Gasteiger partial charge in [-0.1, -0.05) is 60.7 Å². The molecule has 0 atom stereocenters. The van der Waals surface area contributed by atoms with Crippen molar-refractivity contribution in [2.24, 2.45) is 5.92 Å². The Labute approximate surface area is 191 Å². The van der Waals surface area contributed by atoms with E-state index in [9.17, 15) is 0 Å². The fourth-order valence-corrected chi connectivity index (χ4v) is 3.87. The molecule has 6 heteroatoms. The molecule has 1 aliphatic rings. The maximum Gasteiger partial charge on any atom is 0.148 e. The fourth-order valence-electron chi connectivity index (χ4n) is 3.87. The third kappa shape index (κ3) is 6.98. The minimum atomic E-state index is 0. The van der Waals surface area contributed by atoms with Crippen LogP contribution in [0.5, 0.6) is 0 Å². The second-order valence-corrected chi connectivity index (χ2v) is 7.59. The van der Waals surface area contributed by atoms with Gasteiger partial charge in [0, 0.05) is 18.7 Å². The van der Waals surface area contributed by atoms with Gasteiger partial charge in [0.25, 0.3) is 0 Å². The van der Waals surface area contributed by atoms with Gasteiger partial charge in [-0.05, 0) is 56.0 Å². The molecule has 3 aromatic rings. The molecular weight excluding hydrogens is 415 g/mol. The van der Waals surface area contributed by atoms with E-state index in [-0.39, 0.29) is 24.8 Å². The van der Waals surface area contributed by atoms with Gasteiger partial charge in [-0.3, -0.25) is 4.90 Å². The normalized spacial score (nSPS) is 14.4. The van der Waals surface area contributed by atoms with Crippen LogP contribution in [-0.4, -0.2) is 34.7 Å². The third-order valence-electron chi connectivity index (χ3n) is 5.55. The average Bonchev–Trinajstić information content (AvgIpc) is 2.77. The molecule has 160 valence electrons. The molecule has 0 spiro atoms. The minimum absolute atomic E-state index is 0. The van der Waals surface area contributed by atoms with Crippen molar-refractivity contribution in [3.8, 4) is 11.3 Å². The summed E-state index contributed by atoms with van der Waals surface area (Å²) in [7, 11) is 0. The molecule has 1 aliphatic heterocycles. The summed E-state index contributed by atoms with van der Waals surface area (Å²) < 4.78 is 0. The van der Waals surface area contributed by atoms with Crippen molar-refractivity contribution < 1.29 is 0 Å². The average molecular weight is 445 g/mol. The van der Waals surface area contributed by atoms with E-state index in [2.05, 4.69) is 62.9 Å². The zero-order valence-corrected chi connectivity index (χ0v) is 18.7. The lowest BCUT2D eigenvalue weighted by atomic mass is 9.93. The van der Waals surface area contributed by atoms with Crippen molar-refractivity contribution >= 4 is 30.6 Å². The largest absolute Gasteiger partial charge is 0.369 e. The summed E-state index contributed by atoms with van der Waals surface area (Å²) in [6.07, 6.45) is 3.77. The number of aromatic nitrogens is 2. The minimum Gasteiger partial charge on any atom is -0.369 e. The zero-order chi connectivity index (χ0) is 19.0. The highest BCUT2D eigenvalue weighted by Gasteiger charge is 2.18. The van der Waals surface area contributed by atoms with E-state index in [0.717, 1.165) is 36.1 Å². The van der Waals surface area contributed by atoms with Gasteiger partial charge in [-0.15, -0.1) is 35.0 Å². The highest BCUT2D eigenvalue weighted by Crippen LogP contribution is 2.22. The first-order valence-electron chi connectivity index (χ1n) is 10.3. The number of piperidine rings is 1. The molecule has 1 saturated heterocycles. The van der Waals surface area contributed by atoms with Crippen LogP contribution in [0.4, 0.5) is 5.82 Å². The molecule has 0 radical (unpaired) electrons. The standard InChI is InChI=1S/C24H28N4.2ClH/c1-3-7-21(8-4-1)19-28-17-14-20(15-18-28)13-16-25-24-12-11-23(26-27-24)22-9-5-2-6-10-22;;/h1-12,20H,13-19H2,(H,25,27);2*1H. The summed E-state index contributed by atoms with van der Waals surface area (Å²) in [4.78, 5) is 2.58. The van der Waals surface area contributed by atoms with Gasteiger partial charge in [0.15, 0.2) is 0 Å². The van der Waals surface area contributed by atoms with E-state index in [1.165, 1.54) is 37.9 Å². The second kappa shape index (κ2) is 12.5. The Hall–Kier alpha value is -2.14. The lowest BCUT2D eigenvalue weighted by Crippen LogP contribution is -2.33. The van der Waals surface area contributed by atoms with Crippen molar-refractivity contribution in [3.05, 3.63) is 78.4 Å². The SMILES string of the molecule is Cl.Cl.c1ccc(CN2CCC(CCNc3ccc(-c4ccccc4)nn3)CC2)cc1. The number of halogens is 2. The van der Waals surface area contributed by atoms with Gasteiger partial charge in [-0.25, -0.2) is 0 Å². The first kappa shape index (κ1) is 24.1. The van der Waals surface area contributed by atoms with Crippen molar-refractivity contribution in [3.63, 3.8) is 0 Å². The van der Waals surface area contributed by atoms with Gasteiger partial charge in [0.2, 0.25) is 0 Å². The number of nitrogens with zero attached hydrogens (tertiary/aromatic N) is 3. The first-order valence-corrected chi connectivity index (χ1v) is 10.3. The van der Waals surface area contributed by atoms with Crippen LogP contribution < -0.4 is 5.32 Å². The van der Waals surface area contributed by atoms with E-state index in [1.54, 1.807) is 0 Å². The Bertz CT molecular complexity index is 836. The van der Waals surface area contributed by atoms with Crippen LogP contribution >= 0.6 is 24.8 Å². The maximum absolute atomic E-state index is 4.34. The Morgan fingerprint density at radius 1 is 0.800 bits per heavy atom. The molecule has 30 heavy (non-hydrogen) atoms. The number of rotatable bonds is 7. The topological polar surface area (TPSA) is 41.0 Å². The van der Waals surface area contributed by atoms with E-state index in [1.807, 2.05) is 30.3 Å². The Kier molecular flexibility index (Phi) is 10.1. The molecule has 1 fully saturated rings. The Balaban J connectivity index is 0.00000160. The van der Waals surface area contributed by atoms with E-state index >= 15 is 0 Å².